The normalized spacial score (nSPS) is 12.0. The van der Waals surface area contributed by atoms with E-state index in [1.54, 1.807) is 24.3 Å². The van der Waals surface area contributed by atoms with Crippen LogP contribution in [-0.2, 0) is 6.18 Å². The summed E-state index contributed by atoms with van der Waals surface area (Å²) in [6, 6.07) is 6.57. The monoisotopic (exact) mass is 297 g/mol. The summed E-state index contributed by atoms with van der Waals surface area (Å²) in [4.78, 5) is 14.1. The topological polar surface area (TPSA) is 76.5 Å². The summed E-state index contributed by atoms with van der Waals surface area (Å²) in [6.45, 7) is 0. The lowest BCUT2D eigenvalue weighted by Gasteiger charge is -2.00. The first-order valence-electron chi connectivity index (χ1n) is 5.66. The van der Waals surface area contributed by atoms with Gasteiger partial charge in [-0.1, -0.05) is 18.2 Å². The van der Waals surface area contributed by atoms with Crippen molar-refractivity contribution in [3.8, 4) is 11.5 Å². The van der Waals surface area contributed by atoms with Gasteiger partial charge >= 0.3 is 12.1 Å². The molecule has 0 bridgehead atoms. The zero-order valence-corrected chi connectivity index (χ0v) is 10.1. The van der Waals surface area contributed by atoms with Crippen molar-refractivity contribution in [2.45, 2.75) is 6.18 Å². The number of halogens is 3. The van der Waals surface area contributed by atoms with E-state index >= 15 is 0 Å². The van der Waals surface area contributed by atoms with E-state index in [0.717, 1.165) is 0 Å². The number of fused-ring (bicyclic) bond motifs is 1. The summed E-state index contributed by atoms with van der Waals surface area (Å²) in [5.41, 5.74) is -0.991. The first-order chi connectivity index (χ1) is 9.88. The molecule has 0 aliphatic carbocycles. The van der Waals surface area contributed by atoms with Gasteiger partial charge in [0.25, 0.3) is 0 Å². The number of carboxylic acids is 1. The molecule has 0 spiro atoms. The molecule has 0 saturated carbocycles. The van der Waals surface area contributed by atoms with Crippen molar-refractivity contribution < 1.29 is 31.9 Å². The summed E-state index contributed by atoms with van der Waals surface area (Å²) >= 11 is 0. The molecule has 0 amide bonds. The molecule has 1 aromatic carbocycles. The van der Waals surface area contributed by atoms with Crippen molar-refractivity contribution in [1.82, 2.24) is 4.98 Å². The fourth-order valence-electron chi connectivity index (χ4n) is 1.92. The third-order valence-corrected chi connectivity index (χ3v) is 2.80. The van der Waals surface area contributed by atoms with Crippen LogP contribution in [-0.4, -0.2) is 16.1 Å². The molecule has 3 rings (SSSR count). The van der Waals surface area contributed by atoms with Crippen LogP contribution in [0.1, 0.15) is 16.2 Å². The van der Waals surface area contributed by atoms with Crippen molar-refractivity contribution in [3.63, 3.8) is 0 Å². The SMILES string of the molecule is O=C(O)c1oc(-c2coc3ccccc23)nc1C(F)(F)F. The Morgan fingerprint density at radius 1 is 1.24 bits per heavy atom. The van der Waals surface area contributed by atoms with Crippen molar-refractivity contribution in [3.05, 3.63) is 42.0 Å². The highest BCUT2D eigenvalue weighted by molar-refractivity contribution is 5.92. The zero-order chi connectivity index (χ0) is 15.2. The van der Waals surface area contributed by atoms with Gasteiger partial charge in [-0.05, 0) is 6.07 Å². The molecule has 0 atom stereocenters. The number of hydrogen-bond donors (Lipinski definition) is 1. The van der Waals surface area contributed by atoms with Crippen molar-refractivity contribution in [2.24, 2.45) is 0 Å². The average Bonchev–Trinajstić information content (AvgIpc) is 3.01. The molecule has 0 aliphatic heterocycles. The largest absolute Gasteiger partial charge is 0.475 e. The Labute approximate surface area is 114 Å². The maximum absolute atomic E-state index is 12.8. The molecule has 5 nitrogen and oxygen atoms in total. The van der Waals surface area contributed by atoms with Gasteiger partial charge in [-0.2, -0.15) is 13.2 Å². The van der Waals surface area contributed by atoms with Crippen molar-refractivity contribution in [1.29, 1.82) is 0 Å². The minimum Gasteiger partial charge on any atom is -0.475 e. The second-order valence-electron chi connectivity index (χ2n) is 4.15. The van der Waals surface area contributed by atoms with E-state index in [1.807, 2.05) is 0 Å². The number of benzene rings is 1. The summed E-state index contributed by atoms with van der Waals surface area (Å²) in [7, 11) is 0. The van der Waals surface area contributed by atoms with Gasteiger partial charge < -0.3 is 13.9 Å². The van der Waals surface area contributed by atoms with E-state index in [2.05, 4.69) is 4.98 Å². The van der Waals surface area contributed by atoms with E-state index in [-0.39, 0.29) is 5.56 Å². The van der Waals surface area contributed by atoms with Crippen molar-refractivity contribution >= 4 is 16.9 Å². The number of aromatic nitrogens is 1. The van der Waals surface area contributed by atoms with Gasteiger partial charge in [0.2, 0.25) is 11.7 Å². The fourth-order valence-corrected chi connectivity index (χ4v) is 1.92. The van der Waals surface area contributed by atoms with Crippen molar-refractivity contribution in [2.75, 3.05) is 0 Å². The molecule has 8 heteroatoms. The van der Waals surface area contributed by atoms with Crippen LogP contribution in [0.25, 0.3) is 22.4 Å². The summed E-state index contributed by atoms with van der Waals surface area (Å²) in [6.07, 6.45) is -3.75. The maximum atomic E-state index is 12.8. The molecule has 108 valence electrons. The lowest BCUT2D eigenvalue weighted by molar-refractivity contribution is -0.141. The third kappa shape index (κ3) is 2.14. The lowest BCUT2D eigenvalue weighted by Crippen LogP contribution is -2.11. The number of furan rings is 1. The Hall–Kier alpha value is -2.77. The molecule has 0 unspecified atom stereocenters. The molecular formula is C13H6F3NO4. The molecule has 0 aliphatic rings. The van der Waals surface area contributed by atoms with Gasteiger partial charge in [-0.3, -0.25) is 0 Å². The predicted octanol–water partition coefficient (Wildman–Crippen LogP) is 3.80. The number of oxazole rings is 1. The van der Waals surface area contributed by atoms with E-state index in [4.69, 9.17) is 13.9 Å². The number of nitrogens with zero attached hydrogens (tertiary/aromatic N) is 1. The number of hydrogen-bond acceptors (Lipinski definition) is 4. The van der Waals surface area contributed by atoms with Crippen LogP contribution in [0, 0.1) is 0 Å². The molecule has 21 heavy (non-hydrogen) atoms. The molecular weight excluding hydrogens is 291 g/mol. The molecule has 0 radical (unpaired) electrons. The summed E-state index contributed by atoms with van der Waals surface area (Å²) < 4.78 is 48.2. The van der Waals surface area contributed by atoms with Crippen LogP contribution in [0.2, 0.25) is 0 Å². The Bertz CT molecular complexity index is 831. The van der Waals surface area contributed by atoms with Gasteiger partial charge in [0, 0.05) is 5.39 Å². The summed E-state index contributed by atoms with van der Waals surface area (Å²) in [5.74, 6) is -3.54. The first kappa shape index (κ1) is 13.2. The van der Waals surface area contributed by atoms with E-state index in [9.17, 15) is 18.0 Å². The number of rotatable bonds is 2. The van der Waals surface area contributed by atoms with Gasteiger partial charge in [0.05, 0.1) is 5.56 Å². The van der Waals surface area contributed by atoms with Gasteiger partial charge in [0.15, 0.2) is 5.69 Å². The smallest absolute Gasteiger partial charge is 0.437 e. The van der Waals surface area contributed by atoms with Crippen LogP contribution < -0.4 is 0 Å². The second-order valence-corrected chi connectivity index (χ2v) is 4.15. The van der Waals surface area contributed by atoms with Crippen LogP contribution >= 0.6 is 0 Å². The third-order valence-electron chi connectivity index (χ3n) is 2.80. The minimum atomic E-state index is -4.92. The molecule has 2 heterocycles. The maximum Gasteiger partial charge on any atom is 0.437 e. The molecule has 2 aromatic heterocycles. The predicted molar refractivity (Wildman–Crippen MR) is 63.7 cm³/mol. The Morgan fingerprint density at radius 3 is 2.57 bits per heavy atom. The first-order valence-corrected chi connectivity index (χ1v) is 5.66. The Balaban J connectivity index is 2.22. The molecule has 0 saturated heterocycles. The van der Waals surface area contributed by atoms with Crippen LogP contribution in [0.3, 0.4) is 0 Å². The van der Waals surface area contributed by atoms with Crippen LogP contribution in [0.4, 0.5) is 13.2 Å². The fraction of sp³-hybridized carbons (Fsp3) is 0.0769. The Morgan fingerprint density at radius 2 is 1.95 bits per heavy atom. The quantitative estimate of drug-likeness (QED) is 0.778. The van der Waals surface area contributed by atoms with E-state index in [0.29, 0.717) is 11.0 Å². The van der Waals surface area contributed by atoms with E-state index in [1.165, 1.54) is 6.26 Å². The number of para-hydroxylation sites is 1. The molecule has 1 N–H and O–H groups in total. The summed E-state index contributed by atoms with van der Waals surface area (Å²) in [5, 5.41) is 9.27. The highest BCUT2D eigenvalue weighted by Gasteiger charge is 2.41. The van der Waals surface area contributed by atoms with Gasteiger partial charge in [-0.25, -0.2) is 9.78 Å². The van der Waals surface area contributed by atoms with E-state index < -0.39 is 29.5 Å². The highest BCUT2D eigenvalue weighted by atomic mass is 19.4. The number of carbonyl (C=O) groups is 1. The molecule has 3 aromatic rings. The highest BCUT2D eigenvalue weighted by Crippen LogP contribution is 2.36. The van der Waals surface area contributed by atoms with Gasteiger partial charge in [0.1, 0.15) is 11.8 Å². The standard InChI is InChI=1S/C13H6F3NO4/c14-13(15,16)10-9(12(18)19)21-11(17-10)7-5-20-8-4-2-1-3-6(7)8/h1-5H,(H,18,19). The van der Waals surface area contributed by atoms with Gasteiger partial charge in [-0.15, -0.1) is 0 Å². The molecule has 0 fully saturated rings. The zero-order valence-electron chi connectivity index (χ0n) is 10.1. The second kappa shape index (κ2) is 4.37. The lowest BCUT2D eigenvalue weighted by atomic mass is 10.2. The Kier molecular flexibility index (Phi) is 2.75. The average molecular weight is 297 g/mol. The number of alkyl halides is 3. The van der Waals surface area contributed by atoms with Crippen LogP contribution in [0.5, 0.6) is 0 Å². The minimum absolute atomic E-state index is 0.156. The van der Waals surface area contributed by atoms with Crippen LogP contribution in [0.15, 0.2) is 39.4 Å². The number of carboxylic acid groups (broad SMARTS) is 1. The number of aromatic carboxylic acids is 1.